The molecule has 0 bridgehead atoms. The molecule has 1 N–H and O–H groups in total. The molecule has 21 heavy (non-hydrogen) atoms. The van der Waals surface area contributed by atoms with E-state index in [1.54, 1.807) is 20.8 Å². The third-order valence-electron chi connectivity index (χ3n) is 2.76. The van der Waals surface area contributed by atoms with E-state index in [1.165, 1.54) is 0 Å². The summed E-state index contributed by atoms with van der Waals surface area (Å²) in [5, 5.41) is 2.37. The van der Waals surface area contributed by atoms with Crippen LogP contribution >= 0.6 is 0 Å². The van der Waals surface area contributed by atoms with Crippen molar-refractivity contribution in [3.63, 3.8) is 0 Å². The Morgan fingerprint density at radius 1 is 1.29 bits per heavy atom. The summed E-state index contributed by atoms with van der Waals surface area (Å²) in [6, 6.07) is 2.60. The van der Waals surface area contributed by atoms with Gasteiger partial charge in [0.25, 0.3) is 5.91 Å². The van der Waals surface area contributed by atoms with E-state index in [0.29, 0.717) is 12.7 Å². The second-order valence-corrected chi connectivity index (χ2v) is 5.04. The van der Waals surface area contributed by atoms with Gasteiger partial charge in [0.1, 0.15) is 5.82 Å². The van der Waals surface area contributed by atoms with Crippen molar-refractivity contribution < 1.29 is 27.1 Å². The van der Waals surface area contributed by atoms with Crippen LogP contribution in [0.3, 0.4) is 0 Å². The molecule has 0 fully saturated rings. The van der Waals surface area contributed by atoms with Crippen LogP contribution in [0.4, 0.5) is 17.6 Å². The molecule has 0 saturated carbocycles. The highest BCUT2D eigenvalue weighted by Crippen LogP contribution is 2.32. The number of ether oxygens (including phenoxy) is 1. The highest BCUT2D eigenvalue weighted by Gasteiger charge is 2.35. The Bertz CT molecular complexity index is 512. The number of hydrogen-bond acceptors (Lipinski definition) is 2. The molecule has 1 amide bonds. The van der Waals surface area contributed by atoms with Crippen LogP contribution in [-0.4, -0.2) is 24.7 Å². The molecule has 1 rings (SSSR count). The van der Waals surface area contributed by atoms with Crippen molar-refractivity contribution in [2.45, 2.75) is 32.5 Å². The van der Waals surface area contributed by atoms with Gasteiger partial charge >= 0.3 is 6.18 Å². The molecule has 0 aromatic heterocycles. The van der Waals surface area contributed by atoms with Gasteiger partial charge in [0.05, 0.1) is 16.7 Å². The normalized spacial score (nSPS) is 12.3. The molecule has 0 aliphatic heterocycles. The Balaban J connectivity index is 2.90. The van der Waals surface area contributed by atoms with Gasteiger partial charge in [-0.25, -0.2) is 4.39 Å². The molecule has 7 heteroatoms. The molecular formula is C14H17F4NO2. The van der Waals surface area contributed by atoms with Gasteiger partial charge in [0.15, 0.2) is 0 Å². The predicted octanol–water partition coefficient (Wildman–Crippen LogP) is 3.39. The van der Waals surface area contributed by atoms with Crippen molar-refractivity contribution in [1.82, 2.24) is 5.32 Å². The van der Waals surface area contributed by atoms with Gasteiger partial charge in [-0.2, -0.15) is 13.2 Å². The minimum atomic E-state index is -4.84. The van der Waals surface area contributed by atoms with Crippen LogP contribution in [-0.2, 0) is 10.9 Å². The van der Waals surface area contributed by atoms with E-state index in [-0.39, 0.29) is 6.54 Å². The van der Waals surface area contributed by atoms with Crippen LogP contribution in [0.15, 0.2) is 18.2 Å². The van der Waals surface area contributed by atoms with Crippen LogP contribution < -0.4 is 5.32 Å². The second-order valence-electron chi connectivity index (χ2n) is 5.04. The number of amides is 1. The maximum Gasteiger partial charge on any atom is 0.419 e. The Hall–Kier alpha value is -1.63. The molecular weight excluding hydrogens is 290 g/mol. The van der Waals surface area contributed by atoms with E-state index in [2.05, 4.69) is 5.32 Å². The zero-order valence-corrected chi connectivity index (χ0v) is 12.0. The van der Waals surface area contributed by atoms with Crippen LogP contribution in [0.2, 0.25) is 0 Å². The number of nitrogens with one attached hydrogen (secondary N) is 1. The van der Waals surface area contributed by atoms with E-state index in [0.717, 1.165) is 12.1 Å². The summed E-state index contributed by atoms with van der Waals surface area (Å²) in [7, 11) is 0. The lowest BCUT2D eigenvalue weighted by Gasteiger charge is -2.25. The zero-order chi connectivity index (χ0) is 16.3. The van der Waals surface area contributed by atoms with Crippen molar-refractivity contribution in [1.29, 1.82) is 0 Å². The van der Waals surface area contributed by atoms with Crippen LogP contribution in [0.1, 0.15) is 36.7 Å². The van der Waals surface area contributed by atoms with E-state index < -0.39 is 34.6 Å². The zero-order valence-electron chi connectivity index (χ0n) is 12.0. The van der Waals surface area contributed by atoms with E-state index in [9.17, 15) is 22.4 Å². The van der Waals surface area contributed by atoms with Gasteiger partial charge in [-0.1, -0.05) is 6.07 Å². The molecule has 1 aromatic rings. The van der Waals surface area contributed by atoms with Crippen molar-refractivity contribution in [2.75, 3.05) is 13.2 Å². The van der Waals surface area contributed by atoms with Crippen molar-refractivity contribution >= 4 is 5.91 Å². The highest BCUT2D eigenvalue weighted by atomic mass is 19.4. The average molecular weight is 307 g/mol. The quantitative estimate of drug-likeness (QED) is 0.847. The van der Waals surface area contributed by atoms with E-state index >= 15 is 0 Å². The molecule has 118 valence electrons. The molecule has 1 aromatic carbocycles. The minimum Gasteiger partial charge on any atom is -0.374 e. The highest BCUT2D eigenvalue weighted by molar-refractivity contribution is 5.94. The third kappa shape index (κ3) is 4.70. The summed E-state index contributed by atoms with van der Waals surface area (Å²) in [5.41, 5.74) is -2.79. The van der Waals surface area contributed by atoms with Crippen LogP contribution in [0, 0.1) is 5.82 Å². The first-order valence-corrected chi connectivity index (χ1v) is 6.36. The fourth-order valence-electron chi connectivity index (χ4n) is 1.76. The molecule has 0 radical (unpaired) electrons. The summed E-state index contributed by atoms with van der Waals surface area (Å²) in [6.45, 7) is 5.66. The summed E-state index contributed by atoms with van der Waals surface area (Å²) in [6.07, 6.45) is -4.84. The predicted molar refractivity (Wildman–Crippen MR) is 69.4 cm³/mol. The fraction of sp³-hybridized carbons (Fsp3) is 0.500. The first-order valence-electron chi connectivity index (χ1n) is 6.36. The molecule has 0 heterocycles. The second kappa shape index (κ2) is 6.43. The minimum absolute atomic E-state index is 0.0510. The van der Waals surface area contributed by atoms with Crippen molar-refractivity contribution in [3.8, 4) is 0 Å². The molecule has 3 nitrogen and oxygen atoms in total. The maximum absolute atomic E-state index is 13.8. The van der Waals surface area contributed by atoms with E-state index in [4.69, 9.17) is 4.74 Å². The van der Waals surface area contributed by atoms with Gasteiger partial charge in [-0.05, 0) is 32.9 Å². The number of carbonyl (C=O) groups is 1. The number of hydrogen-bond donors (Lipinski definition) is 1. The monoisotopic (exact) mass is 307 g/mol. The topological polar surface area (TPSA) is 38.3 Å². The smallest absolute Gasteiger partial charge is 0.374 e. The van der Waals surface area contributed by atoms with Gasteiger partial charge in [0.2, 0.25) is 0 Å². The maximum atomic E-state index is 13.8. The van der Waals surface area contributed by atoms with Gasteiger partial charge in [-0.15, -0.1) is 0 Å². The molecule has 0 aliphatic carbocycles. The van der Waals surface area contributed by atoms with Crippen LogP contribution in [0.25, 0.3) is 0 Å². The molecule has 0 atom stereocenters. The summed E-state index contributed by atoms with van der Waals surface area (Å²) < 4.78 is 56.8. The number of alkyl halides is 3. The Morgan fingerprint density at radius 2 is 1.90 bits per heavy atom. The SMILES string of the molecule is CCOC(C)(C)CNC(=O)c1cccc(C(F)(F)F)c1F. The largest absolute Gasteiger partial charge is 0.419 e. The first-order chi connectivity index (χ1) is 9.58. The van der Waals surface area contributed by atoms with Gasteiger partial charge < -0.3 is 10.1 Å². The number of rotatable bonds is 5. The fourth-order valence-corrected chi connectivity index (χ4v) is 1.76. The number of halogens is 4. The Kier molecular flexibility index (Phi) is 5.33. The van der Waals surface area contributed by atoms with Crippen molar-refractivity contribution in [2.24, 2.45) is 0 Å². The lowest BCUT2D eigenvalue weighted by molar-refractivity contribution is -0.140. The lowest BCUT2D eigenvalue weighted by Crippen LogP contribution is -2.40. The third-order valence-corrected chi connectivity index (χ3v) is 2.76. The standard InChI is InChI=1S/C14H17F4NO2/c1-4-21-13(2,3)8-19-12(20)9-6-5-7-10(11(9)15)14(16,17)18/h5-7H,4,8H2,1-3H3,(H,19,20). The Morgan fingerprint density at radius 3 is 2.43 bits per heavy atom. The number of benzene rings is 1. The summed E-state index contributed by atoms with van der Waals surface area (Å²) in [4.78, 5) is 11.8. The average Bonchev–Trinajstić information content (AvgIpc) is 2.35. The van der Waals surface area contributed by atoms with Gasteiger partial charge in [0, 0.05) is 13.2 Å². The summed E-state index contributed by atoms with van der Waals surface area (Å²) in [5.74, 6) is -2.48. The first kappa shape index (κ1) is 17.4. The molecule has 0 aliphatic rings. The van der Waals surface area contributed by atoms with E-state index in [1.807, 2.05) is 0 Å². The Labute approximate surface area is 120 Å². The number of carbonyl (C=O) groups excluding carboxylic acids is 1. The van der Waals surface area contributed by atoms with Crippen LogP contribution in [0.5, 0.6) is 0 Å². The summed E-state index contributed by atoms with van der Waals surface area (Å²) >= 11 is 0. The van der Waals surface area contributed by atoms with Gasteiger partial charge in [-0.3, -0.25) is 4.79 Å². The molecule has 0 spiro atoms. The lowest BCUT2D eigenvalue weighted by atomic mass is 10.1. The van der Waals surface area contributed by atoms with Crippen molar-refractivity contribution in [3.05, 3.63) is 35.1 Å². The molecule has 0 saturated heterocycles. The molecule has 0 unspecified atom stereocenters.